The number of carbonyl (C=O) groups is 1. The van der Waals surface area contributed by atoms with Crippen LogP contribution in [0.25, 0.3) is 0 Å². The Kier molecular flexibility index (Phi) is 6.14. The van der Waals surface area contributed by atoms with Crippen molar-refractivity contribution in [2.24, 2.45) is 0 Å². The third-order valence-corrected chi connectivity index (χ3v) is 5.23. The summed E-state index contributed by atoms with van der Waals surface area (Å²) in [6, 6.07) is 2.83. The number of nitrogens with one attached hydrogen (secondary N) is 1. The van der Waals surface area contributed by atoms with Crippen LogP contribution < -0.4 is 9.46 Å². The standard InChI is InChI=1S/C15H20FNO6S/c1-2-11-7-10(5-6-22-11)17-24(20,21)12-3-4-14(13(16)8-12)23-9-15(18)19/h3-4,8,10-11,17H,2,5-7,9H2,1H3,(H,18,19). The van der Waals surface area contributed by atoms with E-state index in [1.54, 1.807) is 0 Å². The highest BCUT2D eigenvalue weighted by Gasteiger charge is 2.26. The number of rotatable bonds is 7. The van der Waals surface area contributed by atoms with Crippen molar-refractivity contribution in [3.8, 4) is 5.75 Å². The first-order valence-electron chi connectivity index (χ1n) is 7.60. The molecule has 1 heterocycles. The summed E-state index contributed by atoms with van der Waals surface area (Å²) < 4.78 is 51.4. The first kappa shape index (κ1) is 18.6. The van der Waals surface area contributed by atoms with Gasteiger partial charge in [-0.3, -0.25) is 0 Å². The largest absolute Gasteiger partial charge is 0.479 e. The van der Waals surface area contributed by atoms with Crippen LogP contribution in [-0.2, 0) is 19.6 Å². The molecular formula is C15H20FNO6S. The number of aliphatic carboxylic acids is 1. The van der Waals surface area contributed by atoms with Crippen LogP contribution in [0.3, 0.4) is 0 Å². The minimum Gasteiger partial charge on any atom is -0.479 e. The topological polar surface area (TPSA) is 102 Å². The monoisotopic (exact) mass is 361 g/mol. The Morgan fingerprint density at radius 2 is 2.25 bits per heavy atom. The predicted molar refractivity (Wildman–Crippen MR) is 82.9 cm³/mol. The Morgan fingerprint density at radius 1 is 1.50 bits per heavy atom. The molecule has 0 amide bonds. The lowest BCUT2D eigenvalue weighted by Crippen LogP contribution is -2.41. The molecule has 24 heavy (non-hydrogen) atoms. The van der Waals surface area contributed by atoms with E-state index in [4.69, 9.17) is 14.6 Å². The van der Waals surface area contributed by atoms with E-state index in [1.165, 1.54) is 6.07 Å². The number of hydrogen-bond acceptors (Lipinski definition) is 5. The smallest absolute Gasteiger partial charge is 0.341 e. The van der Waals surface area contributed by atoms with Crippen molar-refractivity contribution in [3.05, 3.63) is 24.0 Å². The molecule has 1 aromatic carbocycles. The van der Waals surface area contributed by atoms with Crippen LogP contribution in [0.4, 0.5) is 4.39 Å². The molecule has 1 saturated heterocycles. The normalized spacial score (nSPS) is 21.4. The van der Waals surface area contributed by atoms with Crippen LogP contribution in [0.2, 0.25) is 0 Å². The molecular weight excluding hydrogens is 341 g/mol. The van der Waals surface area contributed by atoms with E-state index in [0.29, 0.717) is 19.4 Å². The Hall–Kier alpha value is -1.71. The second kappa shape index (κ2) is 7.91. The number of halogens is 1. The van der Waals surface area contributed by atoms with Crippen LogP contribution in [0.5, 0.6) is 5.75 Å². The average molecular weight is 361 g/mol. The summed E-state index contributed by atoms with van der Waals surface area (Å²) >= 11 is 0. The zero-order valence-corrected chi connectivity index (χ0v) is 14.0. The highest BCUT2D eigenvalue weighted by atomic mass is 32.2. The number of sulfonamides is 1. The van der Waals surface area contributed by atoms with Crippen LogP contribution in [-0.4, -0.2) is 44.9 Å². The second-order valence-electron chi connectivity index (χ2n) is 5.52. The van der Waals surface area contributed by atoms with Crippen molar-refractivity contribution in [2.45, 2.75) is 43.2 Å². The zero-order valence-electron chi connectivity index (χ0n) is 13.2. The van der Waals surface area contributed by atoms with Gasteiger partial charge in [-0.2, -0.15) is 0 Å². The third-order valence-electron chi connectivity index (χ3n) is 3.71. The molecule has 1 fully saturated rings. The lowest BCUT2D eigenvalue weighted by Gasteiger charge is -2.29. The molecule has 1 aromatic rings. The van der Waals surface area contributed by atoms with Crippen molar-refractivity contribution in [1.29, 1.82) is 0 Å². The lowest BCUT2D eigenvalue weighted by molar-refractivity contribution is -0.139. The van der Waals surface area contributed by atoms with Crippen LogP contribution in [0.1, 0.15) is 26.2 Å². The van der Waals surface area contributed by atoms with Gasteiger partial charge in [0.2, 0.25) is 10.0 Å². The summed E-state index contributed by atoms with van der Waals surface area (Å²) in [5.41, 5.74) is 0. The molecule has 1 aliphatic heterocycles. The Labute approximate surface area is 139 Å². The van der Waals surface area contributed by atoms with Gasteiger partial charge in [0.1, 0.15) is 0 Å². The van der Waals surface area contributed by atoms with Gasteiger partial charge in [-0.15, -0.1) is 0 Å². The summed E-state index contributed by atoms with van der Waals surface area (Å²) in [5, 5.41) is 8.51. The summed E-state index contributed by atoms with van der Waals surface area (Å²) in [4.78, 5) is 10.2. The van der Waals surface area contributed by atoms with E-state index in [-0.39, 0.29) is 22.8 Å². The maximum absolute atomic E-state index is 13.9. The summed E-state index contributed by atoms with van der Waals surface area (Å²) in [6.45, 7) is 1.73. The fourth-order valence-electron chi connectivity index (χ4n) is 2.46. The summed E-state index contributed by atoms with van der Waals surface area (Å²) in [5.74, 6) is -2.50. The molecule has 0 aromatic heterocycles. The maximum Gasteiger partial charge on any atom is 0.341 e. The first-order chi connectivity index (χ1) is 11.3. The first-order valence-corrected chi connectivity index (χ1v) is 9.08. The number of carboxylic acid groups (broad SMARTS) is 1. The van der Waals surface area contributed by atoms with E-state index in [0.717, 1.165) is 18.6 Å². The maximum atomic E-state index is 13.9. The van der Waals surface area contributed by atoms with Crippen molar-refractivity contribution < 1.29 is 32.2 Å². The van der Waals surface area contributed by atoms with E-state index in [1.807, 2.05) is 6.92 Å². The van der Waals surface area contributed by atoms with E-state index in [9.17, 15) is 17.6 Å². The number of benzene rings is 1. The molecule has 0 spiro atoms. The van der Waals surface area contributed by atoms with E-state index in [2.05, 4.69) is 4.72 Å². The van der Waals surface area contributed by atoms with Gasteiger partial charge in [0.05, 0.1) is 11.0 Å². The van der Waals surface area contributed by atoms with Crippen molar-refractivity contribution in [3.63, 3.8) is 0 Å². The third kappa shape index (κ3) is 4.89. The lowest BCUT2D eigenvalue weighted by atomic mass is 10.0. The average Bonchev–Trinajstić information content (AvgIpc) is 2.53. The SMILES string of the molecule is CCC1CC(NS(=O)(=O)c2ccc(OCC(=O)O)c(F)c2)CCO1. The molecule has 1 aliphatic rings. The molecule has 0 bridgehead atoms. The highest BCUT2D eigenvalue weighted by Crippen LogP contribution is 2.23. The number of ether oxygens (including phenoxy) is 2. The fourth-order valence-corrected chi connectivity index (χ4v) is 3.76. The number of hydrogen-bond donors (Lipinski definition) is 2. The van der Waals surface area contributed by atoms with Gasteiger partial charge in [0.25, 0.3) is 0 Å². The molecule has 9 heteroatoms. The minimum atomic E-state index is -3.88. The zero-order chi connectivity index (χ0) is 17.7. The summed E-state index contributed by atoms with van der Waals surface area (Å²) in [6.07, 6.45) is 1.92. The quantitative estimate of drug-likeness (QED) is 0.764. The molecule has 134 valence electrons. The van der Waals surface area contributed by atoms with Gasteiger partial charge in [-0.1, -0.05) is 6.92 Å². The Morgan fingerprint density at radius 3 is 2.88 bits per heavy atom. The van der Waals surface area contributed by atoms with Gasteiger partial charge in [0, 0.05) is 12.6 Å². The van der Waals surface area contributed by atoms with Gasteiger partial charge >= 0.3 is 5.97 Å². The van der Waals surface area contributed by atoms with Crippen molar-refractivity contribution in [2.75, 3.05) is 13.2 Å². The van der Waals surface area contributed by atoms with Gasteiger partial charge in [0.15, 0.2) is 18.2 Å². The van der Waals surface area contributed by atoms with E-state index < -0.39 is 28.4 Å². The number of carboxylic acids is 1. The van der Waals surface area contributed by atoms with Crippen molar-refractivity contribution >= 4 is 16.0 Å². The Balaban J connectivity index is 2.08. The van der Waals surface area contributed by atoms with Gasteiger partial charge in [-0.25, -0.2) is 22.3 Å². The molecule has 7 nitrogen and oxygen atoms in total. The molecule has 2 unspecified atom stereocenters. The molecule has 2 N–H and O–H groups in total. The molecule has 0 aliphatic carbocycles. The molecule has 0 saturated carbocycles. The fraction of sp³-hybridized carbons (Fsp3) is 0.533. The molecule has 2 atom stereocenters. The second-order valence-corrected chi connectivity index (χ2v) is 7.23. The molecule has 2 rings (SSSR count). The van der Waals surface area contributed by atoms with E-state index >= 15 is 0 Å². The Bertz CT molecular complexity index is 693. The minimum absolute atomic E-state index is 0.00924. The highest BCUT2D eigenvalue weighted by molar-refractivity contribution is 7.89. The van der Waals surface area contributed by atoms with Crippen LogP contribution in [0.15, 0.2) is 23.1 Å². The van der Waals surface area contributed by atoms with Crippen LogP contribution >= 0.6 is 0 Å². The summed E-state index contributed by atoms with van der Waals surface area (Å²) in [7, 11) is -3.88. The van der Waals surface area contributed by atoms with Crippen molar-refractivity contribution in [1.82, 2.24) is 4.72 Å². The molecule has 0 radical (unpaired) electrons. The van der Waals surface area contributed by atoms with Gasteiger partial charge in [-0.05, 0) is 37.5 Å². The predicted octanol–water partition coefficient (Wildman–Crippen LogP) is 1.52. The van der Waals surface area contributed by atoms with Gasteiger partial charge < -0.3 is 14.6 Å². The van der Waals surface area contributed by atoms with Crippen LogP contribution in [0, 0.1) is 5.82 Å².